The summed E-state index contributed by atoms with van der Waals surface area (Å²) >= 11 is 0. The van der Waals surface area contributed by atoms with Crippen molar-refractivity contribution < 1.29 is 14.3 Å². The number of unbranched alkanes of at least 4 members (excludes halogenated alkanes) is 5. The number of ketones is 1. The van der Waals surface area contributed by atoms with E-state index in [1.807, 2.05) is 67.6 Å². The lowest BCUT2D eigenvalue weighted by Gasteiger charge is -2.07. The molecule has 0 atom stereocenters. The van der Waals surface area contributed by atoms with E-state index in [1.54, 1.807) is 6.08 Å². The highest BCUT2D eigenvalue weighted by atomic mass is 16.5. The Labute approximate surface area is 216 Å². The molecule has 3 nitrogen and oxygen atoms in total. The zero-order chi connectivity index (χ0) is 25.4. The molecule has 0 fully saturated rings. The van der Waals surface area contributed by atoms with Gasteiger partial charge in [0.05, 0.1) is 13.2 Å². The van der Waals surface area contributed by atoms with Crippen LogP contribution in [-0.2, 0) is 11.3 Å². The Morgan fingerprint density at radius 3 is 2.06 bits per heavy atom. The van der Waals surface area contributed by atoms with Gasteiger partial charge in [-0.25, -0.2) is 0 Å². The van der Waals surface area contributed by atoms with Gasteiger partial charge >= 0.3 is 0 Å². The average molecular weight is 483 g/mol. The number of hydrogen-bond acceptors (Lipinski definition) is 3. The first-order valence-electron chi connectivity index (χ1n) is 12.9. The SMILES string of the molecule is C=C(C)c1ccc(COCCCCCCCCOc2ccc(C=CC(=O)c3ccccc3)cc2)cc1. The zero-order valence-corrected chi connectivity index (χ0v) is 21.5. The van der Waals surface area contributed by atoms with Crippen molar-refractivity contribution >= 4 is 17.4 Å². The van der Waals surface area contributed by atoms with Crippen LogP contribution in [0.15, 0.2) is 91.5 Å². The van der Waals surface area contributed by atoms with Crippen molar-refractivity contribution in [3.05, 3.63) is 114 Å². The summed E-state index contributed by atoms with van der Waals surface area (Å²) in [4.78, 5) is 12.2. The lowest BCUT2D eigenvalue weighted by molar-refractivity contribution is 0.104. The summed E-state index contributed by atoms with van der Waals surface area (Å²) in [5, 5.41) is 0. The molecule has 0 aliphatic rings. The third-order valence-electron chi connectivity index (χ3n) is 6.03. The number of allylic oxidation sites excluding steroid dienone is 2. The Balaban J connectivity index is 1.18. The van der Waals surface area contributed by atoms with E-state index in [1.165, 1.54) is 36.8 Å². The molecular formula is C33H38O3. The second kappa shape index (κ2) is 15.5. The molecular weight excluding hydrogens is 444 g/mol. The lowest BCUT2D eigenvalue weighted by atomic mass is 10.1. The number of carbonyl (C=O) groups excluding carboxylic acids is 1. The highest BCUT2D eigenvalue weighted by Gasteiger charge is 2.00. The van der Waals surface area contributed by atoms with Gasteiger partial charge in [0.2, 0.25) is 0 Å². The van der Waals surface area contributed by atoms with Crippen molar-refractivity contribution in [2.75, 3.05) is 13.2 Å². The Morgan fingerprint density at radius 2 is 1.39 bits per heavy atom. The van der Waals surface area contributed by atoms with E-state index < -0.39 is 0 Å². The summed E-state index contributed by atoms with van der Waals surface area (Å²) in [5.74, 6) is 0.876. The summed E-state index contributed by atoms with van der Waals surface area (Å²) in [6.07, 6.45) is 10.5. The number of hydrogen-bond donors (Lipinski definition) is 0. The standard InChI is InChI=1S/C33H38O3/c1-27(2)30-19-14-29(15-20-30)26-35-24-10-5-3-4-6-11-25-36-32-21-16-28(17-22-32)18-23-33(34)31-12-8-7-9-13-31/h7-9,12-23H,1,3-6,10-11,24-26H2,2H3. The molecule has 0 saturated heterocycles. The van der Waals surface area contributed by atoms with Crippen LogP contribution in [-0.4, -0.2) is 19.0 Å². The quantitative estimate of drug-likeness (QED) is 0.117. The van der Waals surface area contributed by atoms with Crippen LogP contribution < -0.4 is 4.74 Å². The molecule has 0 N–H and O–H groups in total. The predicted molar refractivity (Wildman–Crippen MR) is 150 cm³/mol. The maximum Gasteiger partial charge on any atom is 0.185 e. The van der Waals surface area contributed by atoms with Crippen molar-refractivity contribution in [2.24, 2.45) is 0 Å². The van der Waals surface area contributed by atoms with Crippen LogP contribution in [0.1, 0.15) is 72.5 Å². The molecule has 0 heterocycles. The van der Waals surface area contributed by atoms with E-state index in [-0.39, 0.29) is 5.78 Å². The molecule has 0 unspecified atom stereocenters. The van der Waals surface area contributed by atoms with Crippen LogP contribution in [0.3, 0.4) is 0 Å². The van der Waals surface area contributed by atoms with E-state index in [0.717, 1.165) is 42.9 Å². The molecule has 3 rings (SSSR count). The van der Waals surface area contributed by atoms with Gasteiger partial charge in [-0.1, -0.05) is 111 Å². The fraction of sp³-hybridized carbons (Fsp3) is 0.303. The highest BCUT2D eigenvalue weighted by Crippen LogP contribution is 2.16. The lowest BCUT2D eigenvalue weighted by Crippen LogP contribution is -1.98. The van der Waals surface area contributed by atoms with E-state index >= 15 is 0 Å². The minimum Gasteiger partial charge on any atom is -0.494 e. The molecule has 0 aromatic heterocycles. The fourth-order valence-corrected chi connectivity index (χ4v) is 3.82. The summed E-state index contributed by atoms with van der Waals surface area (Å²) in [7, 11) is 0. The number of carbonyl (C=O) groups is 1. The first-order valence-corrected chi connectivity index (χ1v) is 12.9. The Bertz CT molecular complexity index is 1080. The van der Waals surface area contributed by atoms with Gasteiger partial charge in [-0.3, -0.25) is 4.79 Å². The number of rotatable bonds is 16. The maximum atomic E-state index is 12.2. The maximum absolute atomic E-state index is 12.2. The number of ether oxygens (including phenoxy) is 2. The molecule has 3 heteroatoms. The summed E-state index contributed by atoms with van der Waals surface area (Å²) in [6.45, 7) is 8.22. The van der Waals surface area contributed by atoms with Crippen LogP contribution in [0, 0.1) is 0 Å². The van der Waals surface area contributed by atoms with Gasteiger partial charge in [-0.05, 0) is 54.7 Å². The van der Waals surface area contributed by atoms with Gasteiger partial charge in [0.25, 0.3) is 0 Å². The van der Waals surface area contributed by atoms with Crippen molar-refractivity contribution in [1.29, 1.82) is 0 Å². The average Bonchev–Trinajstić information content (AvgIpc) is 2.91. The van der Waals surface area contributed by atoms with Crippen LogP contribution >= 0.6 is 0 Å². The summed E-state index contributed by atoms with van der Waals surface area (Å²) in [5.41, 5.74) is 5.16. The molecule has 36 heavy (non-hydrogen) atoms. The van der Waals surface area contributed by atoms with Crippen molar-refractivity contribution in [2.45, 2.75) is 52.1 Å². The summed E-state index contributed by atoms with van der Waals surface area (Å²) < 4.78 is 11.7. The zero-order valence-electron chi connectivity index (χ0n) is 21.5. The molecule has 0 aliphatic heterocycles. The Kier molecular flexibility index (Phi) is 11.7. The fourth-order valence-electron chi connectivity index (χ4n) is 3.82. The molecule has 3 aromatic rings. The van der Waals surface area contributed by atoms with Gasteiger partial charge in [0, 0.05) is 12.2 Å². The van der Waals surface area contributed by atoms with Gasteiger partial charge in [0.1, 0.15) is 5.75 Å². The van der Waals surface area contributed by atoms with Crippen LogP contribution in [0.2, 0.25) is 0 Å². The minimum absolute atomic E-state index is 0.00764. The molecule has 0 bridgehead atoms. The third-order valence-corrected chi connectivity index (χ3v) is 6.03. The molecule has 0 saturated carbocycles. The van der Waals surface area contributed by atoms with E-state index in [4.69, 9.17) is 9.47 Å². The van der Waals surface area contributed by atoms with Crippen LogP contribution in [0.5, 0.6) is 5.75 Å². The second-order valence-corrected chi connectivity index (χ2v) is 9.13. The second-order valence-electron chi connectivity index (χ2n) is 9.13. The normalized spacial score (nSPS) is 11.0. The number of benzene rings is 3. The molecule has 0 spiro atoms. The van der Waals surface area contributed by atoms with Crippen molar-refractivity contribution in [1.82, 2.24) is 0 Å². The largest absolute Gasteiger partial charge is 0.494 e. The van der Waals surface area contributed by atoms with Gasteiger partial charge < -0.3 is 9.47 Å². The van der Waals surface area contributed by atoms with E-state index in [9.17, 15) is 4.79 Å². The molecule has 0 aliphatic carbocycles. The van der Waals surface area contributed by atoms with Crippen molar-refractivity contribution in [3.8, 4) is 5.75 Å². The van der Waals surface area contributed by atoms with Gasteiger partial charge in [-0.15, -0.1) is 0 Å². The first kappa shape index (κ1) is 27.2. The Morgan fingerprint density at radius 1 is 0.750 bits per heavy atom. The molecule has 188 valence electrons. The third kappa shape index (κ3) is 10.1. The highest BCUT2D eigenvalue weighted by molar-refractivity contribution is 6.06. The van der Waals surface area contributed by atoms with Crippen molar-refractivity contribution in [3.63, 3.8) is 0 Å². The molecule has 3 aromatic carbocycles. The monoisotopic (exact) mass is 482 g/mol. The predicted octanol–water partition coefficient (Wildman–Crippen LogP) is 8.55. The van der Waals surface area contributed by atoms with Crippen LogP contribution in [0.4, 0.5) is 0 Å². The topological polar surface area (TPSA) is 35.5 Å². The van der Waals surface area contributed by atoms with Crippen LogP contribution in [0.25, 0.3) is 11.6 Å². The minimum atomic E-state index is 0.00764. The molecule has 0 amide bonds. The van der Waals surface area contributed by atoms with Gasteiger partial charge in [-0.2, -0.15) is 0 Å². The van der Waals surface area contributed by atoms with Gasteiger partial charge in [0.15, 0.2) is 5.78 Å². The first-order chi connectivity index (χ1) is 17.6. The summed E-state index contributed by atoms with van der Waals surface area (Å²) in [6, 6.07) is 25.6. The molecule has 0 radical (unpaired) electrons. The van der Waals surface area contributed by atoms with E-state index in [0.29, 0.717) is 12.2 Å². The smallest absolute Gasteiger partial charge is 0.185 e. The Hall–Kier alpha value is -3.43. The van der Waals surface area contributed by atoms with E-state index in [2.05, 4.69) is 30.8 Å².